The summed E-state index contributed by atoms with van der Waals surface area (Å²) in [4.78, 5) is 15.6. The summed E-state index contributed by atoms with van der Waals surface area (Å²) in [5.41, 5.74) is 1.24. The molecule has 5 heteroatoms. The van der Waals surface area contributed by atoms with Crippen molar-refractivity contribution in [2.75, 3.05) is 5.32 Å². The number of rotatable bonds is 3. The molecule has 0 saturated carbocycles. The van der Waals surface area contributed by atoms with Crippen molar-refractivity contribution >= 4 is 40.9 Å². The van der Waals surface area contributed by atoms with Crippen LogP contribution in [0.2, 0.25) is 10.2 Å². The molecule has 2 rings (SSSR count). The lowest BCUT2D eigenvalue weighted by atomic mass is 10.2. The topological polar surface area (TPSA) is 42.0 Å². The average Bonchev–Trinajstić information content (AvgIpc) is 2.40. The van der Waals surface area contributed by atoms with Gasteiger partial charge in [0.1, 0.15) is 0 Å². The van der Waals surface area contributed by atoms with Gasteiger partial charge in [-0.05, 0) is 29.8 Å². The maximum absolute atomic E-state index is 11.7. The van der Waals surface area contributed by atoms with Crippen molar-refractivity contribution < 1.29 is 4.79 Å². The maximum atomic E-state index is 11.7. The Morgan fingerprint density at radius 1 is 1.16 bits per heavy atom. The Labute approximate surface area is 120 Å². The van der Waals surface area contributed by atoms with Crippen LogP contribution in [0.3, 0.4) is 0 Å². The van der Waals surface area contributed by atoms with E-state index in [-0.39, 0.29) is 11.1 Å². The van der Waals surface area contributed by atoms with Gasteiger partial charge in [0.05, 0.1) is 5.69 Å². The number of halogens is 2. The van der Waals surface area contributed by atoms with Gasteiger partial charge in [0.25, 0.3) is 0 Å². The van der Waals surface area contributed by atoms with Crippen LogP contribution in [0.5, 0.6) is 0 Å². The summed E-state index contributed by atoms with van der Waals surface area (Å²) in [5, 5.41) is 3.48. The molecule has 3 nitrogen and oxygen atoms in total. The van der Waals surface area contributed by atoms with Crippen LogP contribution in [0.1, 0.15) is 5.56 Å². The lowest BCUT2D eigenvalue weighted by Gasteiger charge is -2.03. The molecule has 19 heavy (non-hydrogen) atoms. The van der Waals surface area contributed by atoms with Gasteiger partial charge < -0.3 is 5.32 Å². The van der Waals surface area contributed by atoms with Crippen molar-refractivity contribution in [1.29, 1.82) is 0 Å². The van der Waals surface area contributed by atoms with E-state index in [0.717, 1.165) is 5.56 Å². The van der Waals surface area contributed by atoms with E-state index in [0.29, 0.717) is 10.7 Å². The van der Waals surface area contributed by atoms with E-state index >= 15 is 0 Å². The van der Waals surface area contributed by atoms with E-state index in [4.69, 9.17) is 23.2 Å². The quantitative estimate of drug-likeness (QED) is 0.685. The van der Waals surface area contributed by atoms with E-state index in [9.17, 15) is 4.79 Å². The number of hydrogen-bond donors (Lipinski definition) is 1. The number of amides is 1. The first kappa shape index (κ1) is 13.6. The minimum Gasteiger partial charge on any atom is -0.320 e. The lowest BCUT2D eigenvalue weighted by molar-refractivity contribution is -0.111. The number of benzene rings is 1. The van der Waals surface area contributed by atoms with E-state index in [2.05, 4.69) is 10.3 Å². The van der Waals surface area contributed by atoms with Crippen LogP contribution in [0, 0.1) is 0 Å². The molecule has 0 spiro atoms. The van der Waals surface area contributed by atoms with Gasteiger partial charge >= 0.3 is 0 Å². The van der Waals surface area contributed by atoms with Crippen LogP contribution >= 0.6 is 23.2 Å². The average molecular weight is 293 g/mol. The largest absolute Gasteiger partial charge is 0.320 e. The Balaban J connectivity index is 2.06. The summed E-state index contributed by atoms with van der Waals surface area (Å²) in [5.74, 6) is -0.296. The summed E-state index contributed by atoms with van der Waals surface area (Å²) >= 11 is 11.8. The highest BCUT2D eigenvalue weighted by Gasteiger charge is 2.03. The van der Waals surface area contributed by atoms with Crippen LogP contribution in [0.25, 0.3) is 6.08 Å². The molecule has 0 atom stereocenters. The highest BCUT2D eigenvalue weighted by molar-refractivity contribution is 6.33. The predicted octanol–water partition coefficient (Wildman–Crippen LogP) is 4.04. The molecule has 0 aliphatic carbocycles. The van der Waals surface area contributed by atoms with Crippen LogP contribution in [-0.2, 0) is 4.79 Å². The fourth-order valence-corrected chi connectivity index (χ4v) is 1.79. The van der Waals surface area contributed by atoms with Crippen LogP contribution < -0.4 is 5.32 Å². The number of carbonyl (C=O) groups excluding carboxylic acids is 1. The van der Waals surface area contributed by atoms with Gasteiger partial charge in [-0.3, -0.25) is 4.79 Å². The fraction of sp³-hybridized carbons (Fsp3) is 0. The lowest BCUT2D eigenvalue weighted by Crippen LogP contribution is -2.08. The number of nitrogens with one attached hydrogen (secondary N) is 1. The second-order valence-electron chi connectivity index (χ2n) is 3.69. The van der Waals surface area contributed by atoms with Crippen molar-refractivity contribution in [2.24, 2.45) is 0 Å². The number of aromatic nitrogens is 1. The molecule has 0 saturated heterocycles. The molecular formula is C14H10Cl2N2O. The first-order valence-electron chi connectivity index (χ1n) is 5.51. The van der Waals surface area contributed by atoms with Gasteiger partial charge in [0, 0.05) is 17.3 Å². The van der Waals surface area contributed by atoms with Crippen LogP contribution in [0.15, 0.2) is 48.7 Å². The summed E-state index contributed by atoms with van der Waals surface area (Å²) in [7, 11) is 0. The molecule has 96 valence electrons. The minimum atomic E-state index is -0.296. The minimum absolute atomic E-state index is 0.252. The van der Waals surface area contributed by atoms with Gasteiger partial charge in [-0.25, -0.2) is 4.98 Å². The second kappa shape index (κ2) is 6.36. The molecule has 0 bridgehead atoms. The third-order valence-electron chi connectivity index (χ3n) is 2.34. The van der Waals surface area contributed by atoms with Crippen molar-refractivity contribution in [3.63, 3.8) is 0 Å². The molecular weight excluding hydrogens is 283 g/mol. The number of nitrogens with zero attached hydrogens (tertiary/aromatic N) is 1. The van der Waals surface area contributed by atoms with Crippen molar-refractivity contribution in [2.45, 2.75) is 0 Å². The van der Waals surface area contributed by atoms with Crippen LogP contribution in [0.4, 0.5) is 5.69 Å². The predicted molar refractivity (Wildman–Crippen MR) is 78.4 cm³/mol. The number of anilines is 1. The molecule has 2 aromatic rings. The van der Waals surface area contributed by atoms with Gasteiger partial charge in [-0.1, -0.05) is 41.4 Å². The SMILES string of the molecule is O=C(C=Cc1ccccc1Cl)Nc1cccnc1Cl. The van der Waals surface area contributed by atoms with Crippen molar-refractivity contribution in [1.82, 2.24) is 4.98 Å². The first-order valence-corrected chi connectivity index (χ1v) is 6.26. The van der Waals surface area contributed by atoms with E-state index in [1.54, 1.807) is 30.5 Å². The van der Waals surface area contributed by atoms with Gasteiger partial charge in [-0.15, -0.1) is 0 Å². The smallest absolute Gasteiger partial charge is 0.248 e. The number of hydrogen-bond acceptors (Lipinski definition) is 2. The molecule has 1 heterocycles. The van der Waals surface area contributed by atoms with Gasteiger partial charge in [0.15, 0.2) is 5.15 Å². The Morgan fingerprint density at radius 2 is 1.95 bits per heavy atom. The zero-order valence-electron chi connectivity index (χ0n) is 9.81. The van der Waals surface area contributed by atoms with Gasteiger partial charge in [-0.2, -0.15) is 0 Å². The molecule has 0 unspecified atom stereocenters. The third-order valence-corrected chi connectivity index (χ3v) is 2.98. The summed E-state index contributed by atoms with van der Waals surface area (Å²) < 4.78 is 0. The molecule has 0 radical (unpaired) electrons. The molecule has 0 aliphatic rings. The second-order valence-corrected chi connectivity index (χ2v) is 4.45. The Morgan fingerprint density at radius 3 is 2.68 bits per heavy atom. The summed E-state index contributed by atoms with van der Waals surface area (Å²) in [6, 6.07) is 10.6. The highest BCUT2D eigenvalue weighted by Crippen LogP contribution is 2.18. The monoisotopic (exact) mass is 292 g/mol. The molecule has 1 aromatic carbocycles. The molecule has 1 N–H and O–H groups in total. The highest BCUT2D eigenvalue weighted by atomic mass is 35.5. The molecule has 0 fully saturated rings. The van der Waals surface area contributed by atoms with Gasteiger partial charge in [0.2, 0.25) is 5.91 Å². The van der Waals surface area contributed by atoms with Crippen molar-refractivity contribution in [3.8, 4) is 0 Å². The maximum Gasteiger partial charge on any atom is 0.248 e. The number of carbonyl (C=O) groups is 1. The molecule has 1 amide bonds. The third kappa shape index (κ3) is 3.81. The molecule has 1 aromatic heterocycles. The van der Waals surface area contributed by atoms with E-state index < -0.39 is 0 Å². The summed E-state index contributed by atoms with van der Waals surface area (Å²) in [6.45, 7) is 0. The molecule has 0 aliphatic heterocycles. The van der Waals surface area contributed by atoms with E-state index in [1.807, 2.05) is 18.2 Å². The zero-order chi connectivity index (χ0) is 13.7. The fourth-order valence-electron chi connectivity index (χ4n) is 1.43. The van der Waals surface area contributed by atoms with Crippen molar-refractivity contribution in [3.05, 3.63) is 64.4 Å². The standard InChI is InChI=1S/C14H10Cl2N2O/c15-11-5-2-1-4-10(11)7-8-13(19)18-12-6-3-9-17-14(12)16/h1-9H,(H,18,19). The normalized spacial score (nSPS) is 10.6. The Bertz CT molecular complexity index is 626. The Hall–Kier alpha value is -1.84. The zero-order valence-corrected chi connectivity index (χ0v) is 11.3. The van der Waals surface area contributed by atoms with Crippen LogP contribution in [-0.4, -0.2) is 10.9 Å². The first-order chi connectivity index (χ1) is 9.16. The van der Waals surface area contributed by atoms with E-state index in [1.165, 1.54) is 6.08 Å². The summed E-state index contributed by atoms with van der Waals surface area (Å²) in [6.07, 6.45) is 4.59. The number of pyridine rings is 1. The Kier molecular flexibility index (Phi) is 4.55.